The van der Waals surface area contributed by atoms with E-state index < -0.39 is 0 Å². The molecule has 5 fully saturated rings. The molecular weight excluding hydrogens is 200 g/mol. The van der Waals surface area contributed by atoms with Crippen LogP contribution in [0.3, 0.4) is 0 Å². The van der Waals surface area contributed by atoms with Gasteiger partial charge in [0.15, 0.2) is 5.79 Å². The summed E-state index contributed by atoms with van der Waals surface area (Å²) >= 11 is 0. The summed E-state index contributed by atoms with van der Waals surface area (Å²) in [6.45, 7) is 4.56. The fourth-order valence-electron chi connectivity index (χ4n) is 4.90. The van der Waals surface area contributed by atoms with E-state index in [2.05, 4.69) is 6.58 Å². The van der Waals surface area contributed by atoms with Gasteiger partial charge in [-0.15, -0.1) is 6.58 Å². The lowest BCUT2D eigenvalue weighted by molar-refractivity contribution is -0.291. The van der Waals surface area contributed by atoms with Gasteiger partial charge in [-0.25, -0.2) is 0 Å². The van der Waals surface area contributed by atoms with E-state index in [1.54, 1.807) is 0 Å². The lowest BCUT2D eigenvalue weighted by atomic mass is 9.53. The molecule has 1 spiro atoms. The van der Waals surface area contributed by atoms with Crippen LogP contribution in [0.2, 0.25) is 0 Å². The first kappa shape index (κ1) is 9.67. The molecule has 88 valence electrons. The highest BCUT2D eigenvalue weighted by Crippen LogP contribution is 2.61. The van der Waals surface area contributed by atoms with Gasteiger partial charge in [-0.05, 0) is 43.9 Å². The Morgan fingerprint density at radius 1 is 1.00 bits per heavy atom. The molecule has 4 saturated carbocycles. The fourth-order valence-corrected chi connectivity index (χ4v) is 4.90. The van der Waals surface area contributed by atoms with Gasteiger partial charge in [0.1, 0.15) is 6.10 Å². The second kappa shape index (κ2) is 3.11. The van der Waals surface area contributed by atoms with Crippen LogP contribution in [0.1, 0.15) is 32.1 Å². The minimum atomic E-state index is -0.202. The molecule has 1 unspecified atom stereocenters. The summed E-state index contributed by atoms with van der Waals surface area (Å²) in [5, 5.41) is 0. The van der Waals surface area contributed by atoms with Crippen molar-refractivity contribution >= 4 is 0 Å². The van der Waals surface area contributed by atoms with Gasteiger partial charge in [-0.3, -0.25) is 0 Å². The predicted molar refractivity (Wildman–Crippen MR) is 60.8 cm³/mol. The molecule has 2 nitrogen and oxygen atoms in total. The summed E-state index contributed by atoms with van der Waals surface area (Å²) < 4.78 is 12.4. The Labute approximate surface area is 97.0 Å². The summed E-state index contributed by atoms with van der Waals surface area (Å²) in [7, 11) is 0. The first-order valence-electron chi connectivity index (χ1n) is 6.74. The Hall–Kier alpha value is -0.340. The third kappa shape index (κ3) is 1.10. The normalized spacial score (nSPS) is 58.4. The lowest BCUT2D eigenvalue weighted by Crippen LogP contribution is -2.58. The molecule has 0 N–H and O–H groups in total. The number of hydrogen-bond acceptors (Lipinski definition) is 2. The van der Waals surface area contributed by atoms with Crippen molar-refractivity contribution in [3.05, 3.63) is 12.7 Å². The first-order valence-corrected chi connectivity index (χ1v) is 6.74. The van der Waals surface area contributed by atoms with Crippen LogP contribution < -0.4 is 0 Å². The summed E-state index contributed by atoms with van der Waals surface area (Å²) in [6.07, 6.45) is 8.90. The van der Waals surface area contributed by atoms with E-state index in [0.717, 1.165) is 18.4 Å². The van der Waals surface area contributed by atoms with Crippen LogP contribution in [0, 0.1) is 23.7 Å². The first-order chi connectivity index (χ1) is 7.80. The lowest BCUT2D eigenvalue weighted by Gasteiger charge is -2.58. The zero-order chi connectivity index (χ0) is 10.8. The average molecular weight is 220 g/mol. The molecule has 2 heteroatoms. The standard InChI is InChI=1S/C14H20O2/c1-2-13-8-15-14(16-13)11-4-9-3-10(6-11)7-12(14)5-9/h2,9-13H,1,3-8H2. The summed E-state index contributed by atoms with van der Waals surface area (Å²) in [4.78, 5) is 0. The molecule has 4 aliphatic carbocycles. The minimum absolute atomic E-state index is 0.137. The third-order valence-electron chi connectivity index (χ3n) is 5.35. The summed E-state index contributed by atoms with van der Waals surface area (Å²) in [5.74, 6) is 3.10. The van der Waals surface area contributed by atoms with E-state index in [9.17, 15) is 0 Å². The van der Waals surface area contributed by atoms with Gasteiger partial charge in [0, 0.05) is 11.8 Å². The van der Waals surface area contributed by atoms with E-state index in [1.165, 1.54) is 32.1 Å². The Kier molecular flexibility index (Phi) is 1.88. The van der Waals surface area contributed by atoms with Gasteiger partial charge in [0.2, 0.25) is 0 Å². The third-order valence-corrected chi connectivity index (χ3v) is 5.35. The zero-order valence-electron chi connectivity index (χ0n) is 9.73. The topological polar surface area (TPSA) is 18.5 Å². The SMILES string of the molecule is C=CC1COC2(O1)C1CC3CC(C1)CC2C3. The van der Waals surface area contributed by atoms with Crippen LogP contribution >= 0.6 is 0 Å². The molecule has 1 atom stereocenters. The zero-order valence-corrected chi connectivity index (χ0v) is 9.73. The minimum Gasteiger partial charge on any atom is -0.346 e. The van der Waals surface area contributed by atoms with Crippen LogP contribution in [0.25, 0.3) is 0 Å². The second-order valence-corrected chi connectivity index (χ2v) is 6.23. The van der Waals surface area contributed by atoms with Crippen molar-refractivity contribution in [2.75, 3.05) is 6.61 Å². The number of rotatable bonds is 1. The molecule has 1 aliphatic heterocycles. The highest BCUT2D eigenvalue weighted by atomic mass is 16.7. The van der Waals surface area contributed by atoms with Crippen molar-refractivity contribution in [2.24, 2.45) is 23.7 Å². The van der Waals surface area contributed by atoms with Crippen molar-refractivity contribution in [2.45, 2.75) is 44.0 Å². The maximum atomic E-state index is 6.23. The predicted octanol–water partition coefficient (Wildman–Crippen LogP) is 2.74. The largest absolute Gasteiger partial charge is 0.346 e. The molecule has 0 aromatic rings. The molecular formula is C14H20O2. The van der Waals surface area contributed by atoms with Gasteiger partial charge >= 0.3 is 0 Å². The van der Waals surface area contributed by atoms with Gasteiger partial charge in [0.05, 0.1) is 6.61 Å². The number of ether oxygens (including phenoxy) is 2. The Morgan fingerprint density at radius 2 is 1.62 bits per heavy atom. The fraction of sp³-hybridized carbons (Fsp3) is 0.857. The molecule has 0 amide bonds. The van der Waals surface area contributed by atoms with Gasteiger partial charge in [-0.1, -0.05) is 6.08 Å². The van der Waals surface area contributed by atoms with Crippen LogP contribution in [-0.2, 0) is 9.47 Å². The highest BCUT2D eigenvalue weighted by molar-refractivity contribution is 5.06. The van der Waals surface area contributed by atoms with Crippen LogP contribution in [0.5, 0.6) is 0 Å². The van der Waals surface area contributed by atoms with Gasteiger partial charge in [0.25, 0.3) is 0 Å². The van der Waals surface area contributed by atoms with E-state index in [4.69, 9.17) is 9.47 Å². The molecule has 0 aromatic carbocycles. The van der Waals surface area contributed by atoms with Crippen molar-refractivity contribution in [1.29, 1.82) is 0 Å². The van der Waals surface area contributed by atoms with E-state index in [-0.39, 0.29) is 11.9 Å². The van der Waals surface area contributed by atoms with Gasteiger partial charge in [-0.2, -0.15) is 0 Å². The second-order valence-electron chi connectivity index (χ2n) is 6.23. The maximum Gasteiger partial charge on any atom is 0.174 e. The molecule has 1 saturated heterocycles. The molecule has 4 bridgehead atoms. The molecule has 16 heavy (non-hydrogen) atoms. The van der Waals surface area contributed by atoms with Crippen LogP contribution in [-0.4, -0.2) is 18.5 Å². The van der Waals surface area contributed by atoms with Gasteiger partial charge < -0.3 is 9.47 Å². The van der Waals surface area contributed by atoms with E-state index in [0.29, 0.717) is 11.8 Å². The van der Waals surface area contributed by atoms with E-state index >= 15 is 0 Å². The molecule has 0 radical (unpaired) electrons. The van der Waals surface area contributed by atoms with Crippen molar-refractivity contribution in [3.8, 4) is 0 Å². The van der Waals surface area contributed by atoms with Crippen LogP contribution in [0.4, 0.5) is 0 Å². The van der Waals surface area contributed by atoms with E-state index in [1.807, 2.05) is 6.08 Å². The van der Waals surface area contributed by atoms with Crippen LogP contribution in [0.15, 0.2) is 12.7 Å². The Balaban J connectivity index is 1.67. The van der Waals surface area contributed by atoms with Crippen molar-refractivity contribution in [1.82, 2.24) is 0 Å². The maximum absolute atomic E-state index is 6.23. The molecule has 0 aromatic heterocycles. The highest BCUT2D eigenvalue weighted by Gasteiger charge is 2.61. The average Bonchev–Trinajstić information content (AvgIpc) is 2.70. The molecule has 1 heterocycles. The van der Waals surface area contributed by atoms with Crippen molar-refractivity contribution < 1.29 is 9.47 Å². The number of hydrogen-bond donors (Lipinski definition) is 0. The molecule has 5 aliphatic rings. The monoisotopic (exact) mass is 220 g/mol. The summed E-state index contributed by atoms with van der Waals surface area (Å²) in [6, 6.07) is 0. The smallest absolute Gasteiger partial charge is 0.174 e. The quantitative estimate of drug-likeness (QED) is 0.633. The summed E-state index contributed by atoms with van der Waals surface area (Å²) in [5.41, 5.74) is 0. The van der Waals surface area contributed by atoms with Crippen molar-refractivity contribution in [3.63, 3.8) is 0 Å². The molecule has 5 rings (SSSR count). The Bertz CT molecular complexity index is 295. The Morgan fingerprint density at radius 3 is 2.12 bits per heavy atom.